The van der Waals surface area contributed by atoms with Crippen LogP contribution in [-0.2, 0) is 29.5 Å². The van der Waals surface area contributed by atoms with E-state index in [0.29, 0.717) is 5.69 Å². The number of halogens is 1. The number of aliphatic carboxylic acids is 1. The van der Waals surface area contributed by atoms with Gasteiger partial charge in [0.1, 0.15) is 11.4 Å². The molecule has 1 aromatic carbocycles. The van der Waals surface area contributed by atoms with E-state index in [1.807, 2.05) is 0 Å². The highest BCUT2D eigenvalue weighted by atomic mass is 19.1. The van der Waals surface area contributed by atoms with Crippen molar-refractivity contribution in [3.63, 3.8) is 0 Å². The number of imide groups is 1. The lowest BCUT2D eigenvalue weighted by molar-refractivity contribution is -0.144. The molecule has 1 aromatic rings. The second kappa shape index (κ2) is 6.89. The second-order valence-corrected chi connectivity index (χ2v) is 7.46. The minimum Gasteiger partial charge on any atom is -0.481 e. The number of carbonyl (C=O) groups is 4. The number of fused-ring (bicyclic) bond motifs is 4. The van der Waals surface area contributed by atoms with Crippen LogP contribution >= 0.6 is 0 Å². The number of hydrogen-bond acceptors (Lipinski definition) is 6. The predicted octanol–water partition coefficient (Wildman–Crippen LogP) is 0.0573. The first-order chi connectivity index (χ1) is 13.8. The predicted molar refractivity (Wildman–Crippen MR) is 96.1 cm³/mol. The third-order valence-electron chi connectivity index (χ3n) is 5.96. The largest absolute Gasteiger partial charge is 0.481 e. The van der Waals surface area contributed by atoms with Crippen LogP contribution in [0.15, 0.2) is 18.2 Å². The van der Waals surface area contributed by atoms with Crippen LogP contribution in [0.1, 0.15) is 18.4 Å². The van der Waals surface area contributed by atoms with Crippen LogP contribution in [0.4, 0.5) is 10.1 Å². The zero-order chi connectivity index (χ0) is 20.9. The van der Waals surface area contributed by atoms with Crippen molar-refractivity contribution in [2.45, 2.75) is 24.4 Å². The summed E-state index contributed by atoms with van der Waals surface area (Å²) in [5.41, 5.74) is -1.01. The molecule has 0 radical (unpaired) electrons. The lowest BCUT2D eigenvalue weighted by Crippen LogP contribution is -2.53. The van der Waals surface area contributed by atoms with E-state index in [0.717, 1.165) is 4.90 Å². The van der Waals surface area contributed by atoms with Gasteiger partial charge in [-0.25, -0.2) is 4.39 Å². The van der Waals surface area contributed by atoms with Crippen molar-refractivity contribution in [1.29, 1.82) is 0 Å². The summed E-state index contributed by atoms with van der Waals surface area (Å²) in [6, 6.07) is 3.05. The van der Waals surface area contributed by atoms with Crippen molar-refractivity contribution in [2.75, 3.05) is 25.6 Å². The number of rotatable bonds is 6. The summed E-state index contributed by atoms with van der Waals surface area (Å²) in [7, 11) is 1.44. The van der Waals surface area contributed by atoms with E-state index in [4.69, 9.17) is 9.84 Å². The Morgan fingerprint density at radius 2 is 2.07 bits per heavy atom. The highest BCUT2D eigenvalue weighted by Gasteiger charge is 2.70. The van der Waals surface area contributed by atoms with E-state index in [9.17, 15) is 23.6 Å². The molecule has 4 rings (SSSR count). The van der Waals surface area contributed by atoms with Gasteiger partial charge >= 0.3 is 5.97 Å². The van der Waals surface area contributed by atoms with Gasteiger partial charge in [0.05, 0.1) is 25.0 Å². The minimum absolute atomic E-state index is 0.0283. The van der Waals surface area contributed by atoms with E-state index in [1.165, 1.54) is 25.3 Å². The molecule has 1 spiro atoms. The first-order valence-corrected chi connectivity index (χ1v) is 9.26. The number of carbonyl (C=O) groups excluding carboxylic acids is 3. The normalized spacial score (nSPS) is 30.1. The van der Waals surface area contributed by atoms with E-state index in [2.05, 4.69) is 10.6 Å². The Morgan fingerprint density at radius 3 is 2.76 bits per heavy atom. The van der Waals surface area contributed by atoms with Gasteiger partial charge in [-0.2, -0.15) is 0 Å². The smallest absolute Gasteiger partial charge is 0.303 e. The Hall–Kier alpha value is -2.85. The van der Waals surface area contributed by atoms with Crippen molar-refractivity contribution in [3.05, 3.63) is 29.6 Å². The summed E-state index contributed by atoms with van der Waals surface area (Å²) in [5, 5.41) is 14.8. The summed E-state index contributed by atoms with van der Waals surface area (Å²) in [5.74, 6) is -5.23. The molecule has 3 N–H and O–H groups in total. The molecule has 0 aliphatic carbocycles. The molecule has 3 aliphatic rings. The number of carboxylic acid groups (broad SMARTS) is 1. The monoisotopic (exact) mass is 405 g/mol. The van der Waals surface area contributed by atoms with E-state index >= 15 is 0 Å². The molecule has 4 atom stereocenters. The Morgan fingerprint density at radius 1 is 1.31 bits per heavy atom. The van der Waals surface area contributed by atoms with Crippen molar-refractivity contribution in [1.82, 2.24) is 10.2 Å². The van der Waals surface area contributed by atoms with Gasteiger partial charge in [-0.05, 0) is 24.6 Å². The summed E-state index contributed by atoms with van der Waals surface area (Å²) >= 11 is 0. The molecule has 2 fully saturated rings. The van der Waals surface area contributed by atoms with Crippen LogP contribution in [0, 0.1) is 17.7 Å². The average Bonchev–Trinajstić information content (AvgIpc) is 3.24. The topological polar surface area (TPSA) is 125 Å². The minimum atomic E-state index is -1.63. The zero-order valence-electron chi connectivity index (χ0n) is 15.6. The molecule has 0 aromatic heterocycles. The average molecular weight is 405 g/mol. The molecular weight excluding hydrogens is 385 g/mol. The van der Waals surface area contributed by atoms with Gasteiger partial charge in [-0.1, -0.05) is 0 Å². The molecular formula is C19H20FN3O6. The Labute approximate surface area is 165 Å². The molecule has 154 valence electrons. The lowest BCUT2D eigenvalue weighted by Gasteiger charge is -2.29. The van der Waals surface area contributed by atoms with Gasteiger partial charge < -0.3 is 15.2 Å². The quantitative estimate of drug-likeness (QED) is 0.572. The standard InChI is InChI=1S/C19H20FN3O6/c1-29-7-6-23-16(26)14-12(4-5-13(24)25)22-19(15(14)17(23)27)10-8-9(20)2-3-11(10)21-18(19)28/h2-3,8,12,14-15,22H,4-7H2,1H3,(H,21,28)(H,24,25)/t12-,14+,15+,19-/m0/s1. The van der Waals surface area contributed by atoms with Gasteiger partial charge in [-0.3, -0.25) is 29.4 Å². The molecule has 3 heterocycles. The van der Waals surface area contributed by atoms with E-state index < -0.39 is 52.9 Å². The first-order valence-electron chi connectivity index (χ1n) is 9.26. The number of amides is 3. The molecule has 29 heavy (non-hydrogen) atoms. The van der Waals surface area contributed by atoms with Crippen molar-refractivity contribution in [3.8, 4) is 0 Å². The highest BCUT2D eigenvalue weighted by molar-refractivity contribution is 6.15. The fourth-order valence-electron chi connectivity index (χ4n) is 4.76. The molecule has 3 amide bonds. The van der Waals surface area contributed by atoms with Crippen LogP contribution in [0.25, 0.3) is 0 Å². The Bertz CT molecular complexity index is 921. The maximum atomic E-state index is 14.0. The van der Waals surface area contributed by atoms with Crippen LogP contribution in [0.2, 0.25) is 0 Å². The van der Waals surface area contributed by atoms with Crippen molar-refractivity contribution < 1.29 is 33.4 Å². The lowest BCUT2D eigenvalue weighted by atomic mass is 9.76. The number of nitrogens with one attached hydrogen (secondary N) is 2. The first kappa shape index (κ1) is 19.5. The fourth-order valence-corrected chi connectivity index (χ4v) is 4.76. The van der Waals surface area contributed by atoms with Crippen LogP contribution in [0.5, 0.6) is 0 Å². The maximum absolute atomic E-state index is 14.0. The number of methoxy groups -OCH3 is 1. The van der Waals surface area contributed by atoms with Gasteiger partial charge in [0, 0.05) is 30.8 Å². The SMILES string of the molecule is COCCN1C(=O)[C@@H]2[C@H](CCC(=O)O)N[C@]3(C(=O)Nc4ccc(F)cc43)[C@H]2C1=O. The third kappa shape index (κ3) is 2.74. The molecule has 0 bridgehead atoms. The van der Waals surface area contributed by atoms with Gasteiger partial charge in [-0.15, -0.1) is 0 Å². The number of benzene rings is 1. The van der Waals surface area contributed by atoms with Crippen molar-refractivity contribution in [2.24, 2.45) is 11.8 Å². The second-order valence-electron chi connectivity index (χ2n) is 7.46. The third-order valence-corrected chi connectivity index (χ3v) is 5.96. The van der Waals surface area contributed by atoms with E-state index in [1.54, 1.807) is 0 Å². The number of hydrogen-bond donors (Lipinski definition) is 3. The fraction of sp³-hybridized carbons (Fsp3) is 0.474. The zero-order valence-corrected chi connectivity index (χ0v) is 15.6. The highest BCUT2D eigenvalue weighted by Crippen LogP contribution is 2.53. The van der Waals surface area contributed by atoms with Crippen LogP contribution in [0.3, 0.4) is 0 Å². The molecule has 3 aliphatic heterocycles. The van der Waals surface area contributed by atoms with Crippen LogP contribution < -0.4 is 10.6 Å². The van der Waals surface area contributed by atoms with Gasteiger partial charge in [0.25, 0.3) is 0 Å². The number of anilines is 1. The van der Waals surface area contributed by atoms with Crippen molar-refractivity contribution >= 4 is 29.4 Å². The van der Waals surface area contributed by atoms with Crippen LogP contribution in [-0.4, -0.2) is 60.0 Å². The summed E-state index contributed by atoms with van der Waals surface area (Å²) in [4.78, 5) is 51.4. The number of ether oxygens (including phenoxy) is 1. The molecule has 10 heteroatoms. The molecule has 0 saturated carbocycles. The van der Waals surface area contributed by atoms with E-state index in [-0.39, 0.29) is 31.6 Å². The summed E-state index contributed by atoms with van der Waals surface area (Å²) in [6.07, 6.45) is -0.193. The molecule has 0 unspecified atom stereocenters. The number of carboxylic acids is 1. The summed E-state index contributed by atoms with van der Waals surface area (Å²) in [6.45, 7) is 0.162. The number of likely N-dealkylation sites (tertiary alicyclic amines) is 1. The summed E-state index contributed by atoms with van der Waals surface area (Å²) < 4.78 is 19.0. The Balaban J connectivity index is 1.81. The number of nitrogens with zero attached hydrogens (tertiary/aromatic N) is 1. The molecule has 2 saturated heterocycles. The maximum Gasteiger partial charge on any atom is 0.303 e. The molecule has 9 nitrogen and oxygen atoms in total. The van der Waals surface area contributed by atoms with Gasteiger partial charge in [0.2, 0.25) is 17.7 Å². The van der Waals surface area contributed by atoms with Gasteiger partial charge in [0.15, 0.2) is 0 Å². The Kier molecular flexibility index (Phi) is 4.62.